The molecule has 0 amide bonds. The van der Waals surface area contributed by atoms with Crippen LogP contribution in [0.15, 0.2) is 30.3 Å². The number of alkyl halides is 1. The zero-order chi connectivity index (χ0) is 13.2. The predicted molar refractivity (Wildman–Crippen MR) is 72.8 cm³/mol. The summed E-state index contributed by atoms with van der Waals surface area (Å²) in [6, 6.07) is 8.82. The standard InChI is InChI=1S/C16H21FO/c1-2-3-4-5-6-10-13-15(17)16(18)14-11-8-7-9-12-14/h7-9,11-12,15-16,18H,2-6H2,1H3. The van der Waals surface area contributed by atoms with Gasteiger partial charge in [-0.3, -0.25) is 0 Å². The van der Waals surface area contributed by atoms with Crippen LogP contribution in [0.25, 0.3) is 0 Å². The first-order chi connectivity index (χ1) is 8.75. The van der Waals surface area contributed by atoms with Crippen LogP contribution in [0.3, 0.4) is 0 Å². The summed E-state index contributed by atoms with van der Waals surface area (Å²) in [6.45, 7) is 2.15. The maximum Gasteiger partial charge on any atom is 0.190 e. The molecule has 1 aromatic rings. The number of unbranched alkanes of at least 4 members (excludes halogenated alkanes) is 4. The number of aliphatic hydroxyl groups is 1. The van der Waals surface area contributed by atoms with Gasteiger partial charge in [0.15, 0.2) is 6.17 Å². The lowest BCUT2D eigenvalue weighted by atomic mass is 10.1. The third kappa shape index (κ3) is 5.33. The van der Waals surface area contributed by atoms with Crippen molar-refractivity contribution in [2.45, 2.75) is 51.3 Å². The Labute approximate surface area is 109 Å². The van der Waals surface area contributed by atoms with Gasteiger partial charge in [-0.25, -0.2) is 4.39 Å². The van der Waals surface area contributed by atoms with Crippen molar-refractivity contribution in [1.82, 2.24) is 0 Å². The van der Waals surface area contributed by atoms with Gasteiger partial charge in [0.1, 0.15) is 6.10 Å². The van der Waals surface area contributed by atoms with E-state index < -0.39 is 12.3 Å². The summed E-state index contributed by atoms with van der Waals surface area (Å²) in [5.74, 6) is 5.30. The predicted octanol–water partition coefficient (Wildman–Crippen LogP) is 4.03. The lowest BCUT2D eigenvalue weighted by Gasteiger charge is -2.10. The second-order valence-electron chi connectivity index (χ2n) is 4.39. The number of aliphatic hydroxyl groups excluding tert-OH is 1. The fourth-order valence-corrected chi connectivity index (χ4v) is 1.71. The van der Waals surface area contributed by atoms with Gasteiger partial charge in [-0.15, -0.1) is 5.92 Å². The van der Waals surface area contributed by atoms with Gasteiger partial charge in [0, 0.05) is 6.42 Å². The molecule has 0 radical (unpaired) electrons. The summed E-state index contributed by atoms with van der Waals surface area (Å²) >= 11 is 0. The third-order valence-corrected chi connectivity index (χ3v) is 2.81. The van der Waals surface area contributed by atoms with Gasteiger partial charge in [0.25, 0.3) is 0 Å². The molecule has 0 bridgehead atoms. The summed E-state index contributed by atoms with van der Waals surface area (Å²) in [7, 11) is 0. The number of rotatable bonds is 6. The molecule has 0 aliphatic heterocycles. The molecule has 1 nitrogen and oxygen atoms in total. The summed E-state index contributed by atoms with van der Waals surface area (Å²) in [6.07, 6.45) is 2.60. The van der Waals surface area contributed by atoms with Crippen LogP contribution in [0.1, 0.15) is 50.7 Å². The molecule has 0 aromatic heterocycles. The summed E-state index contributed by atoms with van der Waals surface area (Å²) in [4.78, 5) is 0. The van der Waals surface area contributed by atoms with E-state index in [4.69, 9.17) is 0 Å². The van der Waals surface area contributed by atoms with Gasteiger partial charge in [-0.05, 0) is 12.0 Å². The van der Waals surface area contributed by atoms with Crippen LogP contribution in [0.4, 0.5) is 4.39 Å². The van der Waals surface area contributed by atoms with Crippen LogP contribution in [-0.4, -0.2) is 11.3 Å². The second kappa shape index (κ2) is 8.72. The average Bonchev–Trinajstić information content (AvgIpc) is 2.42. The van der Waals surface area contributed by atoms with Gasteiger partial charge >= 0.3 is 0 Å². The summed E-state index contributed by atoms with van der Waals surface area (Å²) < 4.78 is 13.6. The molecule has 0 saturated carbocycles. The molecule has 0 heterocycles. The zero-order valence-electron chi connectivity index (χ0n) is 10.9. The van der Waals surface area contributed by atoms with Crippen molar-refractivity contribution in [3.63, 3.8) is 0 Å². The van der Waals surface area contributed by atoms with Crippen molar-refractivity contribution in [3.8, 4) is 11.8 Å². The minimum Gasteiger partial charge on any atom is -0.384 e. The largest absolute Gasteiger partial charge is 0.384 e. The van der Waals surface area contributed by atoms with E-state index in [9.17, 15) is 9.50 Å². The quantitative estimate of drug-likeness (QED) is 0.595. The lowest BCUT2D eigenvalue weighted by molar-refractivity contribution is 0.108. The molecule has 1 rings (SSSR count). The van der Waals surface area contributed by atoms with Crippen LogP contribution in [0, 0.1) is 11.8 Å². The zero-order valence-corrected chi connectivity index (χ0v) is 10.9. The molecule has 0 saturated heterocycles. The van der Waals surface area contributed by atoms with E-state index in [1.807, 2.05) is 6.07 Å². The van der Waals surface area contributed by atoms with Crippen molar-refractivity contribution >= 4 is 0 Å². The van der Waals surface area contributed by atoms with E-state index in [0.717, 1.165) is 12.8 Å². The Morgan fingerprint density at radius 3 is 2.56 bits per heavy atom. The molecule has 2 atom stereocenters. The molecule has 1 N–H and O–H groups in total. The first-order valence-electron chi connectivity index (χ1n) is 6.61. The maximum atomic E-state index is 13.6. The molecular formula is C16H21FO. The Kier molecular flexibility index (Phi) is 7.13. The molecule has 18 heavy (non-hydrogen) atoms. The van der Waals surface area contributed by atoms with E-state index in [-0.39, 0.29) is 0 Å². The topological polar surface area (TPSA) is 20.2 Å². The average molecular weight is 248 g/mol. The fraction of sp³-hybridized carbons (Fsp3) is 0.500. The van der Waals surface area contributed by atoms with Gasteiger partial charge < -0.3 is 5.11 Å². The van der Waals surface area contributed by atoms with Crippen molar-refractivity contribution in [1.29, 1.82) is 0 Å². The molecular weight excluding hydrogens is 227 g/mol. The van der Waals surface area contributed by atoms with Crippen LogP contribution in [0.5, 0.6) is 0 Å². The Morgan fingerprint density at radius 2 is 1.89 bits per heavy atom. The number of hydrogen-bond donors (Lipinski definition) is 1. The molecule has 2 unspecified atom stereocenters. The Balaban J connectivity index is 2.36. The minimum atomic E-state index is -1.50. The molecule has 0 spiro atoms. The first kappa shape index (κ1) is 14.7. The molecule has 0 aliphatic carbocycles. The van der Waals surface area contributed by atoms with Gasteiger partial charge in [-0.1, -0.05) is 62.4 Å². The van der Waals surface area contributed by atoms with Crippen molar-refractivity contribution in [2.75, 3.05) is 0 Å². The molecule has 0 fully saturated rings. The van der Waals surface area contributed by atoms with Gasteiger partial charge in [-0.2, -0.15) is 0 Å². The van der Waals surface area contributed by atoms with E-state index in [0.29, 0.717) is 12.0 Å². The van der Waals surface area contributed by atoms with Crippen molar-refractivity contribution < 1.29 is 9.50 Å². The Morgan fingerprint density at radius 1 is 1.17 bits per heavy atom. The Bertz CT molecular complexity index is 377. The highest BCUT2D eigenvalue weighted by Gasteiger charge is 2.17. The van der Waals surface area contributed by atoms with Gasteiger partial charge in [0.05, 0.1) is 0 Å². The first-order valence-corrected chi connectivity index (χ1v) is 6.61. The monoisotopic (exact) mass is 248 g/mol. The van der Waals surface area contributed by atoms with Crippen molar-refractivity contribution in [3.05, 3.63) is 35.9 Å². The summed E-state index contributed by atoms with van der Waals surface area (Å²) in [5, 5.41) is 9.75. The summed E-state index contributed by atoms with van der Waals surface area (Å²) in [5.41, 5.74) is 0.574. The highest BCUT2D eigenvalue weighted by atomic mass is 19.1. The normalized spacial score (nSPS) is 13.5. The Hall–Kier alpha value is -1.33. The number of hydrogen-bond acceptors (Lipinski definition) is 1. The minimum absolute atomic E-state index is 0.574. The highest BCUT2D eigenvalue weighted by Crippen LogP contribution is 2.18. The number of halogens is 1. The van der Waals surface area contributed by atoms with E-state index in [1.54, 1.807) is 24.3 Å². The van der Waals surface area contributed by atoms with E-state index >= 15 is 0 Å². The van der Waals surface area contributed by atoms with E-state index in [1.165, 1.54) is 12.8 Å². The maximum absolute atomic E-state index is 13.6. The second-order valence-corrected chi connectivity index (χ2v) is 4.39. The van der Waals surface area contributed by atoms with Gasteiger partial charge in [0.2, 0.25) is 0 Å². The smallest absolute Gasteiger partial charge is 0.190 e. The molecule has 98 valence electrons. The van der Waals surface area contributed by atoms with Crippen LogP contribution in [0.2, 0.25) is 0 Å². The lowest BCUT2D eigenvalue weighted by Crippen LogP contribution is -2.11. The van der Waals surface area contributed by atoms with Crippen LogP contribution < -0.4 is 0 Å². The SMILES string of the molecule is CCCCCCC#CC(F)C(O)c1ccccc1. The fourth-order valence-electron chi connectivity index (χ4n) is 1.71. The molecule has 1 aromatic carbocycles. The van der Waals surface area contributed by atoms with Crippen LogP contribution in [-0.2, 0) is 0 Å². The molecule has 2 heteroatoms. The van der Waals surface area contributed by atoms with Crippen LogP contribution >= 0.6 is 0 Å². The number of benzene rings is 1. The highest BCUT2D eigenvalue weighted by molar-refractivity contribution is 5.21. The molecule has 0 aliphatic rings. The van der Waals surface area contributed by atoms with Crippen molar-refractivity contribution in [2.24, 2.45) is 0 Å². The van der Waals surface area contributed by atoms with E-state index in [2.05, 4.69) is 18.8 Å². The third-order valence-electron chi connectivity index (χ3n) is 2.81.